The Bertz CT molecular complexity index is 1130. The van der Waals surface area contributed by atoms with Crippen LogP contribution in [-0.2, 0) is 14.3 Å². The Hall–Kier alpha value is -2.34. The van der Waals surface area contributed by atoms with Gasteiger partial charge in [0.2, 0.25) is 5.91 Å². The van der Waals surface area contributed by atoms with Gasteiger partial charge in [-0.15, -0.1) is 5.92 Å². The first-order valence-electron chi connectivity index (χ1n) is 10.1. The van der Waals surface area contributed by atoms with Crippen LogP contribution in [0.3, 0.4) is 0 Å². The Kier molecular flexibility index (Phi) is 4.14. The highest BCUT2D eigenvalue weighted by atomic mass is 35.5. The summed E-state index contributed by atoms with van der Waals surface area (Å²) in [5.41, 5.74) is 7.68. The molecule has 0 unspecified atom stereocenters. The lowest BCUT2D eigenvalue weighted by Gasteiger charge is -2.47. The highest BCUT2D eigenvalue weighted by molar-refractivity contribution is 6.31. The van der Waals surface area contributed by atoms with Crippen molar-refractivity contribution in [2.24, 2.45) is 11.3 Å². The first-order chi connectivity index (χ1) is 14.2. The number of halogens is 1. The Balaban J connectivity index is 1.68. The Labute approximate surface area is 179 Å². The number of nitrogens with two attached hydrogens (primary N) is 1. The average Bonchev–Trinajstić information content (AvgIpc) is 3.27. The molecule has 3 fully saturated rings. The predicted octanol–water partition coefficient (Wildman–Crippen LogP) is 2.26. The summed E-state index contributed by atoms with van der Waals surface area (Å²) in [6, 6.07) is -0.168. The fraction of sp³-hybridized carbons (Fsp3) is 0.571. The van der Waals surface area contributed by atoms with Gasteiger partial charge < -0.3 is 25.1 Å². The smallest absolute Gasteiger partial charge is 0.229 e. The number of hydrogen-bond acceptors (Lipinski definition) is 6. The number of imidazole rings is 1. The summed E-state index contributed by atoms with van der Waals surface area (Å²) >= 11 is 6.40. The van der Waals surface area contributed by atoms with Crippen molar-refractivity contribution < 1.29 is 14.3 Å². The lowest BCUT2D eigenvalue weighted by atomic mass is 9.59. The van der Waals surface area contributed by atoms with E-state index < -0.39 is 11.2 Å². The number of carbonyl (C=O) groups excluding carboxylic acids is 1. The van der Waals surface area contributed by atoms with Crippen LogP contribution in [0.25, 0.3) is 11.2 Å². The Morgan fingerprint density at radius 2 is 2.20 bits per heavy atom. The SMILES string of the molecule is CC#Cc1c(Cl)nc2c(ncn2[C@H]2[C@@H]3OC(C)(C)O[C@@H]3[C@]3(C(=O)NC)CC[C@H]23)c1N. The van der Waals surface area contributed by atoms with E-state index in [9.17, 15) is 4.79 Å². The molecule has 1 amide bonds. The number of nitrogen functional groups attached to an aromatic ring is 1. The second-order valence-electron chi connectivity index (χ2n) is 8.67. The third kappa shape index (κ3) is 2.34. The van der Waals surface area contributed by atoms with Crippen molar-refractivity contribution in [3.8, 4) is 11.8 Å². The Morgan fingerprint density at radius 3 is 2.83 bits per heavy atom. The minimum Gasteiger partial charge on any atom is -0.396 e. The molecule has 5 rings (SSSR count). The van der Waals surface area contributed by atoms with Crippen LogP contribution in [0, 0.1) is 23.2 Å². The summed E-state index contributed by atoms with van der Waals surface area (Å²) in [7, 11) is 1.67. The van der Waals surface area contributed by atoms with E-state index in [1.165, 1.54) is 0 Å². The second kappa shape index (κ2) is 6.33. The number of aromatic nitrogens is 3. The van der Waals surface area contributed by atoms with Crippen molar-refractivity contribution in [3.63, 3.8) is 0 Å². The zero-order valence-corrected chi connectivity index (χ0v) is 18.1. The van der Waals surface area contributed by atoms with E-state index in [1.807, 2.05) is 18.4 Å². The number of amides is 1. The van der Waals surface area contributed by atoms with Gasteiger partial charge in [-0.1, -0.05) is 17.5 Å². The molecule has 0 spiro atoms. The standard InChI is InChI=1S/C21H24ClN5O3/c1-5-6-10-12(23)13-18(26-17(10)22)27(9-25-13)14-11-7-8-21(11,19(28)24-4)16-15(14)29-20(2,3)30-16/h9,11,14-16H,7-8H2,1-4H3,(H2,23,26)(H,24,28)/t11-,14-,15+,16+,21+/m1/s1. The zero-order chi connectivity index (χ0) is 21.4. The Morgan fingerprint density at radius 1 is 1.43 bits per heavy atom. The van der Waals surface area contributed by atoms with Gasteiger partial charge in [0.15, 0.2) is 11.4 Å². The number of nitrogens with one attached hydrogen (secondary N) is 1. The molecule has 1 aliphatic heterocycles. The predicted molar refractivity (Wildman–Crippen MR) is 112 cm³/mol. The minimum atomic E-state index is -0.778. The van der Waals surface area contributed by atoms with Crippen molar-refractivity contribution >= 4 is 34.4 Å². The number of ether oxygens (including phenoxy) is 2. The molecule has 2 saturated carbocycles. The van der Waals surface area contributed by atoms with Gasteiger partial charge in [0.05, 0.1) is 29.0 Å². The number of anilines is 1. The minimum absolute atomic E-state index is 0.00650. The number of nitrogens with zero attached hydrogens (tertiary/aromatic N) is 3. The highest BCUT2D eigenvalue weighted by Gasteiger charge is 2.73. The molecule has 5 atom stereocenters. The van der Waals surface area contributed by atoms with Crippen LogP contribution in [0.4, 0.5) is 5.69 Å². The maximum absolute atomic E-state index is 13.0. The third-order valence-electron chi connectivity index (χ3n) is 6.84. The molecule has 3 aliphatic rings. The lowest BCUT2D eigenvalue weighted by Crippen LogP contribution is -2.56. The van der Waals surface area contributed by atoms with Crippen molar-refractivity contribution in [1.82, 2.24) is 19.9 Å². The van der Waals surface area contributed by atoms with Crippen LogP contribution in [0.1, 0.15) is 45.2 Å². The number of pyridine rings is 1. The summed E-state index contributed by atoms with van der Waals surface area (Å²) < 4.78 is 14.5. The second-order valence-corrected chi connectivity index (χ2v) is 9.02. The topological polar surface area (TPSA) is 104 Å². The van der Waals surface area contributed by atoms with E-state index in [1.54, 1.807) is 20.3 Å². The fourth-order valence-electron chi connectivity index (χ4n) is 5.61. The largest absolute Gasteiger partial charge is 0.396 e. The van der Waals surface area contributed by atoms with Gasteiger partial charge in [0.1, 0.15) is 22.9 Å². The van der Waals surface area contributed by atoms with Gasteiger partial charge in [-0.05, 0) is 39.5 Å². The van der Waals surface area contributed by atoms with E-state index in [0.717, 1.165) is 12.8 Å². The van der Waals surface area contributed by atoms with Crippen molar-refractivity contribution in [1.29, 1.82) is 0 Å². The average molecular weight is 430 g/mol. The summed E-state index contributed by atoms with van der Waals surface area (Å²) in [4.78, 5) is 22.1. The van der Waals surface area contributed by atoms with E-state index in [2.05, 4.69) is 27.1 Å². The first kappa shape index (κ1) is 19.6. The number of carbonyl (C=O) groups is 1. The maximum Gasteiger partial charge on any atom is 0.229 e. The maximum atomic E-state index is 13.0. The molecule has 0 radical (unpaired) electrons. The summed E-state index contributed by atoms with van der Waals surface area (Å²) in [6.07, 6.45) is 2.71. The van der Waals surface area contributed by atoms with Crippen LogP contribution in [0.5, 0.6) is 0 Å². The van der Waals surface area contributed by atoms with Crippen molar-refractivity contribution in [3.05, 3.63) is 17.0 Å². The third-order valence-corrected chi connectivity index (χ3v) is 7.11. The van der Waals surface area contributed by atoms with E-state index in [4.69, 9.17) is 26.8 Å². The molecular weight excluding hydrogens is 406 g/mol. The molecule has 0 aromatic carbocycles. The molecule has 2 aromatic heterocycles. The number of hydrogen-bond donors (Lipinski definition) is 2. The van der Waals surface area contributed by atoms with Crippen LogP contribution < -0.4 is 11.1 Å². The highest BCUT2D eigenvalue weighted by Crippen LogP contribution is 2.66. The number of rotatable bonds is 2. The fourth-order valence-corrected chi connectivity index (χ4v) is 5.84. The molecule has 8 nitrogen and oxygen atoms in total. The molecule has 0 bridgehead atoms. The zero-order valence-electron chi connectivity index (χ0n) is 17.3. The van der Waals surface area contributed by atoms with Crippen LogP contribution in [0.15, 0.2) is 6.33 Å². The van der Waals surface area contributed by atoms with Gasteiger partial charge in [-0.3, -0.25) is 4.79 Å². The normalized spacial score (nSPS) is 33.4. The number of fused-ring (bicyclic) bond motifs is 4. The summed E-state index contributed by atoms with van der Waals surface area (Å²) in [6.45, 7) is 5.47. The molecule has 2 aliphatic carbocycles. The molecule has 2 aromatic rings. The monoisotopic (exact) mass is 429 g/mol. The van der Waals surface area contributed by atoms with Crippen LogP contribution in [0.2, 0.25) is 5.15 Å². The lowest BCUT2D eigenvalue weighted by molar-refractivity contribution is -0.194. The molecule has 3 heterocycles. The molecule has 1 saturated heterocycles. The van der Waals surface area contributed by atoms with Gasteiger partial charge in [-0.2, -0.15) is 0 Å². The molecular formula is C21H24ClN5O3. The summed E-state index contributed by atoms with van der Waals surface area (Å²) in [5.74, 6) is 4.96. The molecule has 3 N–H and O–H groups in total. The van der Waals surface area contributed by atoms with Crippen LogP contribution >= 0.6 is 11.6 Å². The van der Waals surface area contributed by atoms with E-state index >= 15 is 0 Å². The molecule has 30 heavy (non-hydrogen) atoms. The van der Waals surface area contributed by atoms with Crippen LogP contribution in [-0.4, -0.2) is 45.5 Å². The van der Waals surface area contributed by atoms with Gasteiger partial charge >= 0.3 is 0 Å². The van der Waals surface area contributed by atoms with E-state index in [0.29, 0.717) is 22.4 Å². The first-order valence-corrected chi connectivity index (χ1v) is 10.4. The summed E-state index contributed by atoms with van der Waals surface area (Å²) in [5, 5.41) is 3.08. The van der Waals surface area contributed by atoms with Gasteiger partial charge in [0.25, 0.3) is 0 Å². The van der Waals surface area contributed by atoms with Gasteiger partial charge in [0, 0.05) is 7.05 Å². The van der Waals surface area contributed by atoms with Gasteiger partial charge in [-0.25, -0.2) is 9.97 Å². The quantitative estimate of drug-likeness (QED) is 0.560. The van der Waals surface area contributed by atoms with Crippen molar-refractivity contribution in [2.75, 3.05) is 12.8 Å². The molecule has 158 valence electrons. The van der Waals surface area contributed by atoms with E-state index in [-0.39, 0.29) is 35.2 Å². The van der Waals surface area contributed by atoms with Crippen molar-refractivity contribution in [2.45, 2.75) is 57.6 Å². The molecule has 9 heteroatoms.